The van der Waals surface area contributed by atoms with E-state index in [0.717, 1.165) is 6.42 Å². The molecule has 0 aliphatic rings. The van der Waals surface area contributed by atoms with Crippen LogP contribution in [0.4, 0.5) is 4.79 Å². The lowest BCUT2D eigenvalue weighted by Crippen LogP contribution is -2.26. The minimum Gasteiger partial charge on any atom is -0.448 e. The molecule has 0 heterocycles. The minimum atomic E-state index is -0.378. The SMILES string of the molecule is CC(C)CCNC(=O)OCCCl. The van der Waals surface area contributed by atoms with Crippen molar-refractivity contribution in [1.29, 1.82) is 0 Å². The summed E-state index contributed by atoms with van der Waals surface area (Å²) < 4.78 is 4.69. The van der Waals surface area contributed by atoms with Crippen molar-refractivity contribution in [2.75, 3.05) is 19.0 Å². The first kappa shape index (κ1) is 11.6. The molecule has 0 aliphatic heterocycles. The number of halogens is 1. The van der Waals surface area contributed by atoms with Gasteiger partial charge in [0.1, 0.15) is 6.61 Å². The molecule has 0 aromatic rings. The van der Waals surface area contributed by atoms with Crippen LogP contribution in [0.15, 0.2) is 0 Å². The van der Waals surface area contributed by atoms with Crippen LogP contribution < -0.4 is 5.32 Å². The zero-order valence-electron chi connectivity index (χ0n) is 7.60. The Labute approximate surface area is 78.4 Å². The second-order valence-corrected chi connectivity index (χ2v) is 3.31. The van der Waals surface area contributed by atoms with Crippen LogP contribution in [0.2, 0.25) is 0 Å². The zero-order chi connectivity index (χ0) is 9.40. The molecule has 1 N–H and O–H groups in total. The van der Waals surface area contributed by atoms with E-state index in [9.17, 15) is 4.79 Å². The van der Waals surface area contributed by atoms with Crippen LogP contribution in [0.3, 0.4) is 0 Å². The molecule has 0 atom stereocenters. The quantitative estimate of drug-likeness (QED) is 0.679. The van der Waals surface area contributed by atoms with Gasteiger partial charge in [0.2, 0.25) is 0 Å². The van der Waals surface area contributed by atoms with E-state index in [4.69, 9.17) is 16.3 Å². The van der Waals surface area contributed by atoms with Gasteiger partial charge in [-0.15, -0.1) is 11.6 Å². The predicted molar refractivity (Wildman–Crippen MR) is 49.5 cm³/mol. The summed E-state index contributed by atoms with van der Waals surface area (Å²) >= 11 is 5.33. The lowest BCUT2D eigenvalue weighted by Gasteiger charge is -2.06. The number of amides is 1. The number of nitrogens with one attached hydrogen (secondary N) is 1. The van der Waals surface area contributed by atoms with Gasteiger partial charge in [-0.1, -0.05) is 13.8 Å². The maximum atomic E-state index is 10.8. The molecule has 0 radical (unpaired) electrons. The Balaban J connectivity index is 3.20. The van der Waals surface area contributed by atoms with E-state index in [1.165, 1.54) is 0 Å². The first-order chi connectivity index (χ1) is 5.66. The number of hydrogen-bond donors (Lipinski definition) is 1. The lowest BCUT2D eigenvalue weighted by molar-refractivity contribution is 0.152. The largest absolute Gasteiger partial charge is 0.448 e. The summed E-state index contributed by atoms with van der Waals surface area (Å²) in [6.07, 6.45) is 0.590. The van der Waals surface area contributed by atoms with Crippen molar-refractivity contribution in [1.82, 2.24) is 5.32 Å². The number of carbonyl (C=O) groups excluding carboxylic acids is 1. The molecule has 0 aromatic carbocycles. The van der Waals surface area contributed by atoms with Crippen molar-refractivity contribution in [3.05, 3.63) is 0 Å². The van der Waals surface area contributed by atoms with Crippen molar-refractivity contribution in [3.63, 3.8) is 0 Å². The number of hydrogen-bond acceptors (Lipinski definition) is 2. The number of alkyl halides is 1. The highest BCUT2D eigenvalue weighted by molar-refractivity contribution is 6.18. The highest BCUT2D eigenvalue weighted by atomic mass is 35.5. The summed E-state index contributed by atoms with van der Waals surface area (Å²) in [7, 11) is 0. The maximum Gasteiger partial charge on any atom is 0.407 e. The first-order valence-electron chi connectivity index (χ1n) is 4.13. The van der Waals surface area contributed by atoms with Gasteiger partial charge in [0.15, 0.2) is 0 Å². The highest BCUT2D eigenvalue weighted by Gasteiger charge is 2.00. The Morgan fingerprint density at radius 2 is 2.25 bits per heavy atom. The predicted octanol–water partition coefficient (Wildman–Crippen LogP) is 2.00. The van der Waals surface area contributed by atoms with Crippen LogP contribution >= 0.6 is 11.6 Å². The van der Waals surface area contributed by atoms with E-state index >= 15 is 0 Å². The average molecular weight is 194 g/mol. The fourth-order valence-corrected chi connectivity index (χ4v) is 0.722. The fraction of sp³-hybridized carbons (Fsp3) is 0.875. The van der Waals surface area contributed by atoms with Crippen molar-refractivity contribution in [2.45, 2.75) is 20.3 Å². The molecule has 0 saturated heterocycles. The maximum absolute atomic E-state index is 10.8. The smallest absolute Gasteiger partial charge is 0.407 e. The lowest BCUT2D eigenvalue weighted by atomic mass is 10.1. The van der Waals surface area contributed by atoms with E-state index in [2.05, 4.69) is 19.2 Å². The highest BCUT2D eigenvalue weighted by Crippen LogP contribution is 1.96. The Hall–Kier alpha value is -0.440. The molecule has 12 heavy (non-hydrogen) atoms. The van der Waals surface area contributed by atoms with Gasteiger partial charge in [-0.2, -0.15) is 0 Å². The summed E-state index contributed by atoms with van der Waals surface area (Å²) in [4.78, 5) is 10.8. The second-order valence-electron chi connectivity index (χ2n) is 2.93. The van der Waals surface area contributed by atoms with Gasteiger partial charge >= 0.3 is 6.09 Å². The number of carbonyl (C=O) groups is 1. The molecule has 0 aliphatic carbocycles. The first-order valence-corrected chi connectivity index (χ1v) is 4.67. The second kappa shape index (κ2) is 7.22. The van der Waals surface area contributed by atoms with E-state index in [1.54, 1.807) is 0 Å². The summed E-state index contributed by atoms with van der Waals surface area (Å²) in [6.45, 7) is 5.14. The molecule has 0 bridgehead atoms. The Morgan fingerprint density at radius 3 is 2.75 bits per heavy atom. The molecule has 4 heteroatoms. The van der Waals surface area contributed by atoms with E-state index in [1.807, 2.05) is 0 Å². The summed E-state index contributed by atoms with van der Waals surface area (Å²) in [5, 5.41) is 2.63. The van der Waals surface area contributed by atoms with Crippen LogP contribution in [0.5, 0.6) is 0 Å². The normalized spacial score (nSPS) is 10.0. The molecule has 0 saturated carbocycles. The van der Waals surface area contributed by atoms with Crippen molar-refractivity contribution < 1.29 is 9.53 Å². The van der Waals surface area contributed by atoms with Crippen LogP contribution in [-0.2, 0) is 4.74 Å². The third kappa shape index (κ3) is 7.66. The molecule has 0 rings (SSSR count). The van der Waals surface area contributed by atoms with Gasteiger partial charge in [-0.3, -0.25) is 0 Å². The third-order valence-electron chi connectivity index (χ3n) is 1.30. The standard InChI is InChI=1S/C8H16ClNO2/c1-7(2)3-5-10-8(11)12-6-4-9/h7H,3-6H2,1-2H3,(H,10,11). The van der Waals surface area contributed by atoms with Crippen molar-refractivity contribution >= 4 is 17.7 Å². The Bertz CT molecular complexity index is 128. The Morgan fingerprint density at radius 1 is 1.58 bits per heavy atom. The van der Waals surface area contributed by atoms with E-state index in [-0.39, 0.29) is 12.7 Å². The molecular formula is C8H16ClNO2. The summed E-state index contributed by atoms with van der Waals surface area (Å²) in [5.41, 5.74) is 0. The molecule has 0 unspecified atom stereocenters. The molecule has 1 amide bonds. The van der Waals surface area contributed by atoms with Gasteiger partial charge in [0.05, 0.1) is 5.88 Å². The van der Waals surface area contributed by atoms with Gasteiger partial charge in [0.25, 0.3) is 0 Å². The van der Waals surface area contributed by atoms with Crippen LogP contribution in [0.1, 0.15) is 20.3 Å². The monoisotopic (exact) mass is 193 g/mol. The van der Waals surface area contributed by atoms with Gasteiger partial charge < -0.3 is 10.1 Å². The summed E-state index contributed by atoms with van der Waals surface area (Å²) in [6, 6.07) is 0. The Kier molecular flexibility index (Phi) is 6.96. The van der Waals surface area contributed by atoms with Gasteiger partial charge in [-0.25, -0.2) is 4.79 Å². The van der Waals surface area contributed by atoms with Gasteiger partial charge in [-0.05, 0) is 12.3 Å². The van der Waals surface area contributed by atoms with E-state index < -0.39 is 0 Å². The van der Waals surface area contributed by atoms with Crippen LogP contribution in [0, 0.1) is 5.92 Å². The molecular weight excluding hydrogens is 178 g/mol. The summed E-state index contributed by atoms with van der Waals surface area (Å²) in [5.74, 6) is 0.941. The van der Waals surface area contributed by atoms with E-state index in [0.29, 0.717) is 18.3 Å². The number of alkyl carbamates (subject to hydrolysis) is 1. The average Bonchev–Trinajstić information content (AvgIpc) is 2.00. The van der Waals surface area contributed by atoms with Crippen molar-refractivity contribution in [2.24, 2.45) is 5.92 Å². The number of ether oxygens (including phenoxy) is 1. The molecule has 72 valence electrons. The van der Waals surface area contributed by atoms with Gasteiger partial charge in [0, 0.05) is 6.54 Å². The molecule has 0 aromatic heterocycles. The topological polar surface area (TPSA) is 38.3 Å². The number of rotatable bonds is 5. The minimum absolute atomic E-state index is 0.273. The molecule has 0 fully saturated rings. The van der Waals surface area contributed by atoms with Crippen LogP contribution in [-0.4, -0.2) is 25.1 Å². The van der Waals surface area contributed by atoms with Crippen LogP contribution in [0.25, 0.3) is 0 Å². The molecule has 0 spiro atoms. The van der Waals surface area contributed by atoms with Crippen molar-refractivity contribution in [3.8, 4) is 0 Å². The zero-order valence-corrected chi connectivity index (χ0v) is 8.36. The third-order valence-corrected chi connectivity index (χ3v) is 1.46. The molecule has 3 nitrogen and oxygen atoms in total. The fourth-order valence-electron chi connectivity index (χ4n) is 0.645.